The highest BCUT2D eigenvalue weighted by molar-refractivity contribution is 8.00. The number of methoxy groups -OCH3 is 1. The van der Waals surface area contributed by atoms with Gasteiger partial charge in [0, 0.05) is 24.6 Å². The summed E-state index contributed by atoms with van der Waals surface area (Å²) in [6.07, 6.45) is 5.26. The lowest BCUT2D eigenvalue weighted by Crippen LogP contribution is -2.31. The third kappa shape index (κ3) is 3.92. The van der Waals surface area contributed by atoms with E-state index < -0.39 is 0 Å². The first-order chi connectivity index (χ1) is 10.7. The Morgan fingerprint density at radius 1 is 1.50 bits per heavy atom. The molecule has 0 fully saturated rings. The average Bonchev–Trinajstić information content (AvgIpc) is 3.00. The summed E-state index contributed by atoms with van der Waals surface area (Å²) >= 11 is 1.41. The fourth-order valence-electron chi connectivity index (χ4n) is 1.84. The summed E-state index contributed by atoms with van der Waals surface area (Å²) in [4.78, 5) is 16.3. The molecule has 116 valence electrons. The number of rotatable bonds is 7. The second-order valence-electron chi connectivity index (χ2n) is 4.57. The van der Waals surface area contributed by atoms with Crippen LogP contribution < -0.4 is 10.1 Å². The fraction of sp³-hybridized carbons (Fsp3) is 0.250. The molecular formula is C16H19N3O2S. The molecule has 2 rings (SSSR count). The molecule has 0 saturated heterocycles. The van der Waals surface area contributed by atoms with Gasteiger partial charge < -0.3 is 10.1 Å². The summed E-state index contributed by atoms with van der Waals surface area (Å²) in [6.45, 7) is 5.91. The Bertz CT molecular complexity index is 637. The van der Waals surface area contributed by atoms with E-state index in [9.17, 15) is 4.79 Å². The van der Waals surface area contributed by atoms with Gasteiger partial charge in [-0.1, -0.05) is 17.8 Å². The Balaban J connectivity index is 2.11. The SMILES string of the molecule is C=CCNC(=O)[C@@H](C)Sc1nccn1-c1ccc(OC)cc1. The Kier molecular flexibility index (Phi) is 5.66. The van der Waals surface area contributed by atoms with Crippen molar-refractivity contribution in [3.8, 4) is 11.4 Å². The maximum atomic E-state index is 11.9. The lowest BCUT2D eigenvalue weighted by Gasteiger charge is -2.12. The number of carbonyl (C=O) groups is 1. The fourth-order valence-corrected chi connectivity index (χ4v) is 2.75. The first-order valence-electron chi connectivity index (χ1n) is 6.88. The minimum atomic E-state index is -0.237. The number of nitrogens with one attached hydrogen (secondary N) is 1. The van der Waals surface area contributed by atoms with Crippen LogP contribution in [-0.2, 0) is 4.79 Å². The maximum absolute atomic E-state index is 11.9. The van der Waals surface area contributed by atoms with Crippen LogP contribution in [0.4, 0.5) is 0 Å². The topological polar surface area (TPSA) is 56.2 Å². The molecule has 0 aliphatic rings. The van der Waals surface area contributed by atoms with Gasteiger partial charge in [-0.2, -0.15) is 0 Å². The number of imidazole rings is 1. The molecule has 0 aliphatic carbocycles. The number of aromatic nitrogens is 2. The summed E-state index contributed by atoms with van der Waals surface area (Å²) < 4.78 is 7.11. The minimum Gasteiger partial charge on any atom is -0.497 e. The number of amides is 1. The predicted molar refractivity (Wildman–Crippen MR) is 88.6 cm³/mol. The lowest BCUT2D eigenvalue weighted by atomic mass is 10.3. The summed E-state index contributed by atoms with van der Waals surface area (Å²) in [5.74, 6) is 0.768. The molecule has 6 heteroatoms. The first-order valence-corrected chi connectivity index (χ1v) is 7.76. The van der Waals surface area contributed by atoms with E-state index in [2.05, 4.69) is 16.9 Å². The van der Waals surface area contributed by atoms with Gasteiger partial charge in [-0.05, 0) is 31.2 Å². The molecule has 0 unspecified atom stereocenters. The molecule has 0 saturated carbocycles. The monoisotopic (exact) mass is 317 g/mol. The van der Waals surface area contributed by atoms with Crippen molar-refractivity contribution < 1.29 is 9.53 Å². The van der Waals surface area contributed by atoms with Crippen molar-refractivity contribution >= 4 is 17.7 Å². The van der Waals surface area contributed by atoms with Crippen LogP contribution >= 0.6 is 11.8 Å². The van der Waals surface area contributed by atoms with Crippen molar-refractivity contribution in [1.82, 2.24) is 14.9 Å². The van der Waals surface area contributed by atoms with Crippen LogP contribution in [0.5, 0.6) is 5.75 Å². The van der Waals surface area contributed by atoms with Crippen LogP contribution in [0.15, 0.2) is 54.5 Å². The van der Waals surface area contributed by atoms with Crippen LogP contribution in [0.2, 0.25) is 0 Å². The van der Waals surface area contributed by atoms with E-state index in [0.717, 1.165) is 16.6 Å². The molecule has 1 aromatic carbocycles. The summed E-state index contributed by atoms with van der Waals surface area (Å²) in [7, 11) is 1.64. The molecular weight excluding hydrogens is 298 g/mol. The number of carbonyl (C=O) groups excluding carboxylic acids is 1. The van der Waals surface area contributed by atoms with Gasteiger partial charge in [0.15, 0.2) is 5.16 Å². The highest BCUT2D eigenvalue weighted by Gasteiger charge is 2.17. The second kappa shape index (κ2) is 7.70. The van der Waals surface area contributed by atoms with E-state index in [1.807, 2.05) is 42.0 Å². The van der Waals surface area contributed by atoms with Crippen molar-refractivity contribution in [2.75, 3.05) is 13.7 Å². The van der Waals surface area contributed by atoms with Gasteiger partial charge in [-0.25, -0.2) is 4.98 Å². The van der Waals surface area contributed by atoms with Crippen LogP contribution in [-0.4, -0.2) is 34.4 Å². The maximum Gasteiger partial charge on any atom is 0.233 e. The third-order valence-electron chi connectivity index (χ3n) is 3.03. The lowest BCUT2D eigenvalue weighted by molar-refractivity contribution is -0.120. The Morgan fingerprint density at radius 2 is 2.23 bits per heavy atom. The number of thioether (sulfide) groups is 1. The number of ether oxygens (including phenoxy) is 1. The quantitative estimate of drug-likeness (QED) is 0.630. The Hall–Kier alpha value is -2.21. The van der Waals surface area contributed by atoms with Gasteiger partial charge >= 0.3 is 0 Å². The van der Waals surface area contributed by atoms with E-state index in [1.54, 1.807) is 19.4 Å². The van der Waals surface area contributed by atoms with Crippen molar-refractivity contribution in [1.29, 1.82) is 0 Å². The molecule has 1 amide bonds. The number of hydrogen-bond donors (Lipinski definition) is 1. The van der Waals surface area contributed by atoms with Gasteiger partial charge in [-0.15, -0.1) is 6.58 Å². The van der Waals surface area contributed by atoms with Crippen molar-refractivity contribution in [3.63, 3.8) is 0 Å². The molecule has 1 atom stereocenters. The summed E-state index contributed by atoms with van der Waals surface area (Å²) in [6, 6.07) is 7.69. The Labute approximate surface area is 134 Å². The van der Waals surface area contributed by atoms with E-state index in [-0.39, 0.29) is 11.2 Å². The second-order valence-corrected chi connectivity index (χ2v) is 5.88. The van der Waals surface area contributed by atoms with E-state index in [4.69, 9.17) is 4.74 Å². The molecule has 0 radical (unpaired) electrons. The van der Waals surface area contributed by atoms with Gasteiger partial charge in [0.1, 0.15) is 5.75 Å². The summed E-state index contributed by atoms with van der Waals surface area (Å²) in [5.41, 5.74) is 0.972. The zero-order valence-electron chi connectivity index (χ0n) is 12.7. The third-order valence-corrected chi connectivity index (χ3v) is 4.11. The predicted octanol–water partition coefficient (Wildman–Crippen LogP) is 2.66. The molecule has 22 heavy (non-hydrogen) atoms. The summed E-state index contributed by atoms with van der Waals surface area (Å²) in [5, 5.41) is 3.32. The van der Waals surface area contributed by atoms with Gasteiger partial charge in [0.25, 0.3) is 0 Å². The molecule has 1 aromatic heterocycles. The molecule has 0 aliphatic heterocycles. The smallest absolute Gasteiger partial charge is 0.233 e. The molecule has 2 aromatic rings. The van der Waals surface area contributed by atoms with Gasteiger partial charge in [0.2, 0.25) is 5.91 Å². The number of nitrogens with zero attached hydrogens (tertiary/aromatic N) is 2. The zero-order valence-corrected chi connectivity index (χ0v) is 13.5. The molecule has 5 nitrogen and oxygen atoms in total. The highest BCUT2D eigenvalue weighted by Crippen LogP contribution is 2.25. The van der Waals surface area contributed by atoms with Gasteiger partial charge in [0.05, 0.1) is 12.4 Å². The van der Waals surface area contributed by atoms with Gasteiger partial charge in [-0.3, -0.25) is 9.36 Å². The number of benzene rings is 1. The highest BCUT2D eigenvalue weighted by atomic mass is 32.2. The molecule has 0 spiro atoms. The minimum absolute atomic E-state index is 0.0332. The molecule has 0 bridgehead atoms. The van der Waals surface area contributed by atoms with Crippen LogP contribution in [0.3, 0.4) is 0 Å². The Morgan fingerprint density at radius 3 is 2.86 bits per heavy atom. The van der Waals surface area contributed by atoms with E-state index >= 15 is 0 Å². The van der Waals surface area contributed by atoms with Crippen LogP contribution in [0.1, 0.15) is 6.92 Å². The zero-order chi connectivity index (χ0) is 15.9. The van der Waals surface area contributed by atoms with E-state index in [1.165, 1.54) is 11.8 Å². The molecule has 1 N–H and O–H groups in total. The van der Waals surface area contributed by atoms with E-state index in [0.29, 0.717) is 6.54 Å². The largest absolute Gasteiger partial charge is 0.497 e. The number of hydrogen-bond acceptors (Lipinski definition) is 4. The van der Waals surface area contributed by atoms with Crippen molar-refractivity contribution in [3.05, 3.63) is 49.3 Å². The van der Waals surface area contributed by atoms with Crippen molar-refractivity contribution in [2.24, 2.45) is 0 Å². The van der Waals surface area contributed by atoms with Crippen LogP contribution in [0.25, 0.3) is 5.69 Å². The molecule has 1 heterocycles. The average molecular weight is 317 g/mol. The first kappa shape index (κ1) is 16.2. The normalized spacial score (nSPS) is 11.7. The standard InChI is InChI=1S/C16H19N3O2S/c1-4-9-17-15(20)12(2)22-16-18-10-11-19(16)13-5-7-14(21-3)8-6-13/h4-8,10-12H,1,9H2,2-3H3,(H,17,20)/t12-/m1/s1. The van der Waals surface area contributed by atoms with Crippen LogP contribution in [0, 0.1) is 0 Å². The van der Waals surface area contributed by atoms with Crippen molar-refractivity contribution in [2.45, 2.75) is 17.3 Å².